The first kappa shape index (κ1) is 16.1. The highest BCUT2D eigenvalue weighted by Crippen LogP contribution is 2.28. The number of benzene rings is 2. The van der Waals surface area contributed by atoms with Gasteiger partial charge in [-0.1, -0.05) is 44.2 Å². The fourth-order valence-corrected chi connectivity index (χ4v) is 2.83. The maximum atomic E-state index is 12.1. The number of carbonyl (C=O) groups excluding carboxylic acids is 1. The number of hydrogen-bond acceptors (Lipinski definition) is 3. The molecular weight excluding hydrogens is 306 g/mol. The van der Waals surface area contributed by atoms with E-state index in [1.54, 1.807) is 13.8 Å². The molecule has 24 heavy (non-hydrogen) atoms. The van der Waals surface area contributed by atoms with Gasteiger partial charge in [0, 0.05) is 5.39 Å². The number of rotatable bonds is 5. The number of aliphatic carboxylic acids is 1. The SMILES string of the molecule is CC(C)[C@@H](NC(=O)Cc1cc2c(ccc3ccccc32)o1)C(=O)O. The van der Waals surface area contributed by atoms with Crippen LogP contribution in [0.2, 0.25) is 0 Å². The van der Waals surface area contributed by atoms with Crippen LogP contribution in [0, 0.1) is 5.92 Å². The third kappa shape index (κ3) is 3.11. The van der Waals surface area contributed by atoms with Crippen molar-refractivity contribution in [3.05, 3.63) is 48.2 Å². The molecule has 124 valence electrons. The van der Waals surface area contributed by atoms with Gasteiger partial charge in [-0.15, -0.1) is 0 Å². The van der Waals surface area contributed by atoms with Crippen LogP contribution in [0.15, 0.2) is 46.9 Å². The molecule has 0 bridgehead atoms. The summed E-state index contributed by atoms with van der Waals surface area (Å²) in [6, 6.07) is 12.8. The molecule has 5 heteroatoms. The minimum Gasteiger partial charge on any atom is -0.480 e. The monoisotopic (exact) mass is 325 g/mol. The summed E-state index contributed by atoms with van der Waals surface area (Å²) in [4.78, 5) is 23.3. The van der Waals surface area contributed by atoms with Crippen LogP contribution in [-0.2, 0) is 16.0 Å². The van der Waals surface area contributed by atoms with Gasteiger partial charge in [-0.3, -0.25) is 4.79 Å². The summed E-state index contributed by atoms with van der Waals surface area (Å²) in [5.41, 5.74) is 0.718. The number of amides is 1. The molecule has 1 aromatic heterocycles. The fraction of sp³-hybridized carbons (Fsp3) is 0.263. The van der Waals surface area contributed by atoms with Gasteiger partial charge in [0.25, 0.3) is 0 Å². The predicted molar refractivity (Wildman–Crippen MR) is 91.8 cm³/mol. The van der Waals surface area contributed by atoms with E-state index in [1.165, 1.54) is 0 Å². The summed E-state index contributed by atoms with van der Waals surface area (Å²) >= 11 is 0. The number of carboxylic acid groups (broad SMARTS) is 1. The van der Waals surface area contributed by atoms with Gasteiger partial charge in [0.2, 0.25) is 5.91 Å². The molecule has 2 N–H and O–H groups in total. The van der Waals surface area contributed by atoms with Gasteiger partial charge in [0.05, 0.1) is 6.42 Å². The first-order chi connectivity index (χ1) is 11.5. The number of fused-ring (bicyclic) bond motifs is 3. The van der Waals surface area contributed by atoms with Gasteiger partial charge >= 0.3 is 5.97 Å². The van der Waals surface area contributed by atoms with E-state index in [0.717, 1.165) is 21.7 Å². The van der Waals surface area contributed by atoms with Crippen LogP contribution in [0.25, 0.3) is 21.7 Å². The zero-order valence-electron chi connectivity index (χ0n) is 13.6. The summed E-state index contributed by atoms with van der Waals surface area (Å²) in [6.45, 7) is 3.51. The smallest absolute Gasteiger partial charge is 0.326 e. The lowest BCUT2D eigenvalue weighted by Crippen LogP contribution is -2.44. The normalized spacial score (nSPS) is 12.6. The van der Waals surface area contributed by atoms with E-state index in [0.29, 0.717) is 5.76 Å². The molecule has 0 aliphatic rings. The number of carboxylic acids is 1. The lowest BCUT2D eigenvalue weighted by atomic mass is 10.0. The minimum atomic E-state index is -1.03. The number of furan rings is 1. The summed E-state index contributed by atoms with van der Waals surface area (Å²) in [5.74, 6) is -1.06. The first-order valence-corrected chi connectivity index (χ1v) is 7.88. The molecule has 0 saturated heterocycles. The van der Waals surface area contributed by atoms with E-state index in [9.17, 15) is 9.59 Å². The molecule has 0 aliphatic heterocycles. The van der Waals surface area contributed by atoms with Gasteiger partial charge in [-0.25, -0.2) is 4.79 Å². The zero-order valence-corrected chi connectivity index (χ0v) is 13.6. The van der Waals surface area contributed by atoms with E-state index < -0.39 is 12.0 Å². The predicted octanol–water partition coefficient (Wildman–Crippen LogP) is 3.35. The Bertz CT molecular complexity index is 910. The lowest BCUT2D eigenvalue weighted by molar-refractivity contribution is -0.143. The van der Waals surface area contributed by atoms with E-state index in [1.807, 2.05) is 42.5 Å². The van der Waals surface area contributed by atoms with Gasteiger partial charge in [0.15, 0.2) is 0 Å². The van der Waals surface area contributed by atoms with Crippen molar-refractivity contribution in [2.45, 2.75) is 26.3 Å². The molecule has 0 fully saturated rings. The molecule has 1 heterocycles. The average molecular weight is 325 g/mol. The van der Waals surface area contributed by atoms with Crippen molar-refractivity contribution < 1.29 is 19.1 Å². The number of hydrogen-bond donors (Lipinski definition) is 2. The average Bonchev–Trinajstić information content (AvgIpc) is 2.94. The van der Waals surface area contributed by atoms with Crippen molar-refractivity contribution >= 4 is 33.6 Å². The Morgan fingerprint density at radius 2 is 1.88 bits per heavy atom. The fourth-order valence-electron chi connectivity index (χ4n) is 2.83. The number of nitrogens with one attached hydrogen (secondary N) is 1. The van der Waals surface area contributed by atoms with Crippen molar-refractivity contribution in [2.24, 2.45) is 5.92 Å². The van der Waals surface area contributed by atoms with Crippen LogP contribution in [0.5, 0.6) is 0 Å². The molecule has 1 amide bonds. The second kappa shape index (κ2) is 6.35. The Hall–Kier alpha value is -2.82. The standard InChI is InChI=1S/C19H19NO4/c1-11(2)18(19(22)23)20-17(21)10-13-9-15-14-6-4-3-5-12(14)7-8-16(15)24-13/h3-9,11,18H,10H2,1-2H3,(H,20,21)(H,22,23)/t18-/m1/s1. The molecule has 5 nitrogen and oxygen atoms in total. The van der Waals surface area contributed by atoms with Gasteiger partial charge < -0.3 is 14.8 Å². The molecule has 0 aliphatic carbocycles. The zero-order chi connectivity index (χ0) is 17.3. The van der Waals surface area contributed by atoms with Crippen molar-refractivity contribution in [3.8, 4) is 0 Å². The molecule has 3 rings (SSSR count). The summed E-state index contributed by atoms with van der Waals surface area (Å²) in [7, 11) is 0. The van der Waals surface area contributed by atoms with Crippen molar-refractivity contribution in [3.63, 3.8) is 0 Å². The summed E-state index contributed by atoms with van der Waals surface area (Å²) in [5, 5.41) is 14.8. The van der Waals surface area contributed by atoms with Crippen LogP contribution in [0.1, 0.15) is 19.6 Å². The highest BCUT2D eigenvalue weighted by molar-refractivity contribution is 6.06. The van der Waals surface area contributed by atoms with E-state index in [-0.39, 0.29) is 18.2 Å². The van der Waals surface area contributed by atoms with Gasteiger partial charge in [0.1, 0.15) is 17.4 Å². The van der Waals surface area contributed by atoms with E-state index in [2.05, 4.69) is 5.32 Å². The Balaban J connectivity index is 1.84. The molecule has 2 aromatic carbocycles. The second-order valence-electron chi connectivity index (χ2n) is 6.22. The molecule has 3 aromatic rings. The topological polar surface area (TPSA) is 79.5 Å². The van der Waals surface area contributed by atoms with Gasteiger partial charge in [-0.2, -0.15) is 0 Å². The molecule has 1 atom stereocenters. The first-order valence-electron chi connectivity index (χ1n) is 7.88. The van der Waals surface area contributed by atoms with Crippen LogP contribution < -0.4 is 5.32 Å². The number of carbonyl (C=O) groups is 2. The Morgan fingerprint density at radius 3 is 2.58 bits per heavy atom. The Kier molecular flexibility index (Phi) is 4.25. The van der Waals surface area contributed by atoms with E-state index >= 15 is 0 Å². The third-order valence-electron chi connectivity index (χ3n) is 4.06. The Morgan fingerprint density at radius 1 is 1.12 bits per heavy atom. The quantitative estimate of drug-likeness (QED) is 0.754. The lowest BCUT2D eigenvalue weighted by Gasteiger charge is -2.17. The van der Waals surface area contributed by atoms with Crippen LogP contribution >= 0.6 is 0 Å². The minimum absolute atomic E-state index is 0.0134. The highest BCUT2D eigenvalue weighted by Gasteiger charge is 2.24. The largest absolute Gasteiger partial charge is 0.480 e. The van der Waals surface area contributed by atoms with Crippen LogP contribution in [0.4, 0.5) is 0 Å². The Labute approximate surface area is 139 Å². The van der Waals surface area contributed by atoms with Crippen LogP contribution in [-0.4, -0.2) is 23.0 Å². The van der Waals surface area contributed by atoms with Crippen LogP contribution in [0.3, 0.4) is 0 Å². The molecule has 0 radical (unpaired) electrons. The molecule has 0 unspecified atom stereocenters. The van der Waals surface area contributed by atoms with Crippen molar-refractivity contribution in [1.82, 2.24) is 5.32 Å². The third-order valence-corrected chi connectivity index (χ3v) is 4.06. The van der Waals surface area contributed by atoms with E-state index in [4.69, 9.17) is 9.52 Å². The maximum Gasteiger partial charge on any atom is 0.326 e. The molecule has 0 saturated carbocycles. The summed E-state index contributed by atoms with van der Waals surface area (Å²) < 4.78 is 5.74. The molecular formula is C19H19NO4. The van der Waals surface area contributed by atoms with Crippen molar-refractivity contribution in [2.75, 3.05) is 0 Å². The second-order valence-corrected chi connectivity index (χ2v) is 6.22. The van der Waals surface area contributed by atoms with Gasteiger partial charge in [-0.05, 0) is 28.8 Å². The molecule has 0 spiro atoms. The summed E-state index contributed by atoms with van der Waals surface area (Å²) in [6.07, 6.45) is 0.0134. The van der Waals surface area contributed by atoms with Crippen molar-refractivity contribution in [1.29, 1.82) is 0 Å². The highest BCUT2D eigenvalue weighted by atomic mass is 16.4. The maximum absolute atomic E-state index is 12.1.